The molecule has 0 bridgehead atoms. The third kappa shape index (κ3) is 6.15. The van der Waals surface area contributed by atoms with Crippen molar-refractivity contribution in [1.29, 1.82) is 0 Å². The minimum atomic E-state index is -0.955. The van der Waals surface area contributed by atoms with E-state index in [1.165, 1.54) is 12.8 Å². The molecule has 0 unspecified atom stereocenters. The van der Waals surface area contributed by atoms with E-state index >= 15 is 0 Å². The maximum absolute atomic E-state index is 14.2. The monoisotopic (exact) mass is 564 g/mol. The second-order valence-corrected chi connectivity index (χ2v) is 11.9. The van der Waals surface area contributed by atoms with E-state index in [-0.39, 0.29) is 30.1 Å². The molecule has 3 saturated heterocycles. The standard InChI is InChI=1S/C28H41ClN6O2.ClH/c1-28(21-6-10-32(2)11-7-21,31-26(36)25-19-20-18-22(29)4-5-24(20)30-25)27(37)35-16-14-34(15-17-35)23-8-12-33(3)13-9-23;/h4-5,18-19,21,23,30H,6-17H2,1-3H3,(H,31,36);1H/t28-;/m0./s1. The molecule has 3 fully saturated rings. The summed E-state index contributed by atoms with van der Waals surface area (Å²) in [6, 6.07) is 7.95. The molecule has 0 radical (unpaired) electrons. The van der Waals surface area contributed by atoms with E-state index in [1.807, 2.05) is 30.0 Å². The first kappa shape index (κ1) is 29.2. The number of nitrogens with one attached hydrogen (secondary N) is 2. The van der Waals surface area contributed by atoms with Gasteiger partial charge in [0.25, 0.3) is 5.91 Å². The van der Waals surface area contributed by atoms with Crippen LogP contribution in [-0.4, -0.2) is 114 Å². The van der Waals surface area contributed by atoms with Gasteiger partial charge in [-0.05, 0) is 103 Å². The van der Waals surface area contributed by atoms with Gasteiger partial charge in [-0.2, -0.15) is 0 Å². The number of carbonyl (C=O) groups excluding carboxylic acids is 2. The molecule has 0 aliphatic carbocycles. The summed E-state index contributed by atoms with van der Waals surface area (Å²) in [5.74, 6) is -0.101. The second kappa shape index (κ2) is 12.1. The van der Waals surface area contributed by atoms with Gasteiger partial charge in [0, 0.05) is 48.1 Å². The lowest BCUT2D eigenvalue weighted by Crippen LogP contribution is -2.65. The highest BCUT2D eigenvalue weighted by molar-refractivity contribution is 6.31. The largest absolute Gasteiger partial charge is 0.351 e. The summed E-state index contributed by atoms with van der Waals surface area (Å²) in [7, 11) is 4.31. The van der Waals surface area contributed by atoms with Crippen LogP contribution in [0.25, 0.3) is 10.9 Å². The van der Waals surface area contributed by atoms with Crippen LogP contribution in [0.4, 0.5) is 0 Å². The molecule has 3 aliphatic heterocycles. The number of piperazine rings is 1. The number of benzene rings is 1. The van der Waals surface area contributed by atoms with Crippen molar-refractivity contribution in [2.24, 2.45) is 5.92 Å². The summed E-state index contributed by atoms with van der Waals surface area (Å²) in [4.78, 5) is 40.1. The van der Waals surface area contributed by atoms with E-state index in [0.29, 0.717) is 29.8 Å². The van der Waals surface area contributed by atoms with Gasteiger partial charge in [-0.1, -0.05) is 11.6 Å². The molecule has 3 aliphatic rings. The second-order valence-electron chi connectivity index (χ2n) is 11.5. The first-order valence-electron chi connectivity index (χ1n) is 13.7. The molecule has 2 aromatic rings. The Bertz CT molecular complexity index is 1120. The predicted molar refractivity (Wildman–Crippen MR) is 155 cm³/mol. The lowest BCUT2D eigenvalue weighted by molar-refractivity contribution is -0.142. The maximum Gasteiger partial charge on any atom is 0.268 e. The SMILES string of the molecule is CN1CCC(N2CCN(C(=O)[C@@](C)(NC(=O)c3cc4cc(Cl)ccc4[nH]3)C3CCN(C)CC3)CC2)CC1.Cl. The zero-order valence-electron chi connectivity index (χ0n) is 22.8. The topological polar surface area (TPSA) is 74.9 Å². The molecular formula is C28H42Cl2N6O2. The van der Waals surface area contributed by atoms with E-state index in [0.717, 1.165) is 63.0 Å². The van der Waals surface area contributed by atoms with Crippen LogP contribution in [0, 0.1) is 5.92 Å². The van der Waals surface area contributed by atoms with Gasteiger partial charge in [0.05, 0.1) is 0 Å². The summed E-state index contributed by atoms with van der Waals surface area (Å²) in [5.41, 5.74) is 0.353. The van der Waals surface area contributed by atoms with Crippen LogP contribution in [0.3, 0.4) is 0 Å². The minimum Gasteiger partial charge on any atom is -0.351 e. The van der Waals surface area contributed by atoms with Gasteiger partial charge >= 0.3 is 0 Å². The fourth-order valence-electron chi connectivity index (χ4n) is 6.42. The Morgan fingerprint density at radius 1 is 0.921 bits per heavy atom. The van der Waals surface area contributed by atoms with Gasteiger partial charge in [-0.3, -0.25) is 14.5 Å². The van der Waals surface area contributed by atoms with Gasteiger partial charge in [0.2, 0.25) is 5.91 Å². The number of aromatic amines is 1. The average molecular weight is 566 g/mol. The number of fused-ring (bicyclic) bond motifs is 1. The Hall–Kier alpha value is -1.84. The average Bonchev–Trinajstić information content (AvgIpc) is 3.32. The molecule has 2 N–H and O–H groups in total. The minimum absolute atomic E-state index is 0. The highest BCUT2D eigenvalue weighted by Crippen LogP contribution is 2.31. The summed E-state index contributed by atoms with van der Waals surface area (Å²) >= 11 is 6.15. The molecule has 10 heteroatoms. The van der Waals surface area contributed by atoms with E-state index in [1.54, 1.807) is 6.07 Å². The number of amides is 2. The number of hydrogen-bond acceptors (Lipinski definition) is 5. The van der Waals surface area contributed by atoms with Crippen LogP contribution in [0.2, 0.25) is 5.02 Å². The molecule has 1 aromatic heterocycles. The number of piperidine rings is 2. The third-order valence-electron chi connectivity index (χ3n) is 8.99. The maximum atomic E-state index is 14.2. The number of rotatable bonds is 5. The van der Waals surface area contributed by atoms with E-state index in [2.05, 4.69) is 39.1 Å². The number of hydrogen-bond donors (Lipinski definition) is 2. The first-order valence-corrected chi connectivity index (χ1v) is 14.1. The molecule has 5 rings (SSSR count). The van der Waals surface area contributed by atoms with Crippen molar-refractivity contribution < 1.29 is 9.59 Å². The summed E-state index contributed by atoms with van der Waals surface area (Å²) in [5, 5.41) is 4.73. The molecule has 0 spiro atoms. The Balaban J connectivity index is 0.00000336. The molecule has 4 heterocycles. The highest BCUT2D eigenvalue weighted by atomic mass is 35.5. The molecular weight excluding hydrogens is 523 g/mol. The van der Waals surface area contributed by atoms with Crippen LogP contribution in [0.15, 0.2) is 24.3 Å². The first-order chi connectivity index (χ1) is 17.7. The van der Waals surface area contributed by atoms with Crippen molar-refractivity contribution in [2.45, 2.75) is 44.2 Å². The van der Waals surface area contributed by atoms with Crippen LogP contribution >= 0.6 is 24.0 Å². The number of carbonyl (C=O) groups is 2. The molecule has 1 aromatic carbocycles. The smallest absolute Gasteiger partial charge is 0.268 e. The molecule has 1 atom stereocenters. The Labute approximate surface area is 237 Å². The van der Waals surface area contributed by atoms with Crippen molar-refractivity contribution in [3.63, 3.8) is 0 Å². The number of likely N-dealkylation sites (tertiary alicyclic amines) is 2. The third-order valence-corrected chi connectivity index (χ3v) is 9.22. The molecule has 0 saturated carbocycles. The van der Waals surface area contributed by atoms with Crippen molar-refractivity contribution >= 4 is 46.7 Å². The van der Waals surface area contributed by atoms with Crippen LogP contribution in [0.1, 0.15) is 43.1 Å². The predicted octanol–water partition coefficient (Wildman–Crippen LogP) is 3.31. The summed E-state index contributed by atoms with van der Waals surface area (Å²) in [6.07, 6.45) is 4.17. The Morgan fingerprint density at radius 2 is 1.53 bits per heavy atom. The van der Waals surface area contributed by atoms with E-state index in [9.17, 15) is 9.59 Å². The normalized spacial score (nSPS) is 22.7. The molecule has 38 heavy (non-hydrogen) atoms. The van der Waals surface area contributed by atoms with Gasteiger partial charge in [-0.15, -0.1) is 12.4 Å². The van der Waals surface area contributed by atoms with Gasteiger partial charge in [-0.25, -0.2) is 0 Å². The number of aromatic nitrogens is 1. The molecule has 2 amide bonds. The van der Waals surface area contributed by atoms with Crippen molar-refractivity contribution in [1.82, 2.24) is 29.9 Å². The van der Waals surface area contributed by atoms with Crippen molar-refractivity contribution in [3.8, 4) is 0 Å². The van der Waals surface area contributed by atoms with Crippen molar-refractivity contribution in [3.05, 3.63) is 35.0 Å². The number of halogens is 2. The van der Waals surface area contributed by atoms with Crippen LogP contribution < -0.4 is 5.32 Å². The lowest BCUT2D eigenvalue weighted by atomic mass is 9.77. The zero-order valence-corrected chi connectivity index (χ0v) is 24.4. The van der Waals surface area contributed by atoms with Crippen LogP contribution in [-0.2, 0) is 4.79 Å². The Kier molecular flexibility index (Phi) is 9.30. The fourth-order valence-corrected chi connectivity index (χ4v) is 6.60. The summed E-state index contributed by atoms with van der Waals surface area (Å²) < 4.78 is 0. The van der Waals surface area contributed by atoms with E-state index in [4.69, 9.17) is 11.6 Å². The Morgan fingerprint density at radius 3 is 2.16 bits per heavy atom. The fraction of sp³-hybridized carbons (Fsp3) is 0.643. The molecule has 210 valence electrons. The van der Waals surface area contributed by atoms with Gasteiger partial charge in [0.1, 0.15) is 11.2 Å². The number of H-pyrrole nitrogens is 1. The van der Waals surface area contributed by atoms with Crippen LogP contribution in [0.5, 0.6) is 0 Å². The quantitative estimate of drug-likeness (QED) is 0.582. The highest BCUT2D eigenvalue weighted by Gasteiger charge is 2.46. The van der Waals surface area contributed by atoms with E-state index < -0.39 is 5.54 Å². The summed E-state index contributed by atoms with van der Waals surface area (Å²) in [6.45, 7) is 9.33. The van der Waals surface area contributed by atoms with Gasteiger partial charge < -0.3 is 25.0 Å². The zero-order chi connectivity index (χ0) is 26.2. The van der Waals surface area contributed by atoms with Crippen molar-refractivity contribution in [2.75, 3.05) is 66.5 Å². The lowest BCUT2D eigenvalue weighted by Gasteiger charge is -2.47. The van der Waals surface area contributed by atoms with Gasteiger partial charge in [0.15, 0.2) is 0 Å². The molecule has 8 nitrogen and oxygen atoms in total. The number of nitrogens with zero attached hydrogens (tertiary/aromatic N) is 4.